The maximum Gasteiger partial charge on any atom is 0.249 e. The molecule has 0 unspecified atom stereocenters. The molecule has 4 aromatic rings. The van der Waals surface area contributed by atoms with E-state index in [1.165, 1.54) is 22.7 Å². The van der Waals surface area contributed by atoms with Gasteiger partial charge in [-0.1, -0.05) is 66.7 Å². The molecule has 0 saturated carbocycles. The van der Waals surface area contributed by atoms with Gasteiger partial charge in [0.1, 0.15) is 12.2 Å². The third-order valence-corrected chi connectivity index (χ3v) is 6.57. The van der Waals surface area contributed by atoms with Crippen LogP contribution in [0.3, 0.4) is 0 Å². The lowest BCUT2D eigenvalue weighted by atomic mass is 10.1. The number of azo groups is 1. The minimum absolute atomic E-state index is 0.555. The van der Waals surface area contributed by atoms with Crippen LogP contribution in [0.1, 0.15) is 18.1 Å². The van der Waals surface area contributed by atoms with Crippen LogP contribution in [0.4, 0.5) is 16.5 Å². The van der Waals surface area contributed by atoms with Gasteiger partial charge in [-0.2, -0.15) is 9.36 Å². The molecular formula is C28H33N6S+. The summed E-state index contributed by atoms with van der Waals surface area (Å²) in [7, 11) is 4.58. The van der Waals surface area contributed by atoms with Crippen molar-refractivity contribution < 1.29 is 4.48 Å². The molecule has 6 nitrogen and oxygen atoms in total. The molecule has 4 rings (SSSR count). The third-order valence-electron chi connectivity index (χ3n) is 5.97. The lowest BCUT2D eigenvalue weighted by molar-refractivity contribution is -0.902. The standard InChI is InChI=1S/C28H33N6S/c1-5-33(18-19-34(3,4)21-23-12-8-6-9-13-23)26-20-22(2)16-17-25(26)30-31-28-29-27(32-35-28)24-14-10-7-11-15-24/h6-17,20H,5,18-19,21H2,1-4H3/q+1. The summed E-state index contributed by atoms with van der Waals surface area (Å²) in [5.41, 5.74) is 5.50. The van der Waals surface area contributed by atoms with E-state index < -0.39 is 0 Å². The zero-order valence-corrected chi connectivity index (χ0v) is 21.7. The lowest BCUT2D eigenvalue weighted by Crippen LogP contribution is -2.45. The SMILES string of the molecule is CCN(CC[N+](C)(C)Cc1ccccc1)c1cc(C)ccc1N=Nc1nc(-c2ccccc2)ns1. The molecule has 1 aromatic heterocycles. The van der Waals surface area contributed by atoms with Crippen LogP contribution in [0.2, 0.25) is 0 Å². The van der Waals surface area contributed by atoms with E-state index in [0.717, 1.165) is 47.6 Å². The molecule has 0 aliphatic rings. The predicted molar refractivity (Wildman–Crippen MR) is 146 cm³/mol. The lowest BCUT2D eigenvalue weighted by Gasteiger charge is -2.33. The van der Waals surface area contributed by atoms with E-state index in [9.17, 15) is 0 Å². The summed E-state index contributed by atoms with van der Waals surface area (Å²) in [5, 5.41) is 9.58. The fraction of sp³-hybridized carbons (Fsp3) is 0.286. The maximum atomic E-state index is 4.59. The van der Waals surface area contributed by atoms with Crippen LogP contribution in [0, 0.1) is 6.92 Å². The molecule has 0 atom stereocenters. The van der Waals surface area contributed by atoms with Crippen LogP contribution < -0.4 is 4.90 Å². The molecule has 0 radical (unpaired) electrons. The van der Waals surface area contributed by atoms with Crippen LogP contribution in [-0.4, -0.2) is 47.6 Å². The summed E-state index contributed by atoms with van der Waals surface area (Å²) in [6.45, 7) is 8.15. The topological polar surface area (TPSA) is 53.7 Å². The highest BCUT2D eigenvalue weighted by molar-refractivity contribution is 7.09. The molecular weight excluding hydrogens is 452 g/mol. The second kappa shape index (κ2) is 11.3. The number of benzene rings is 3. The second-order valence-electron chi connectivity index (χ2n) is 9.34. The Morgan fingerprint density at radius 2 is 1.63 bits per heavy atom. The van der Waals surface area contributed by atoms with Crippen LogP contribution in [0.15, 0.2) is 89.1 Å². The Kier molecular flexibility index (Phi) is 8.00. The molecule has 0 aliphatic carbocycles. The summed E-state index contributed by atoms with van der Waals surface area (Å²) >= 11 is 1.26. The molecule has 180 valence electrons. The van der Waals surface area contributed by atoms with Crippen molar-refractivity contribution in [2.24, 2.45) is 10.2 Å². The van der Waals surface area contributed by atoms with Crippen molar-refractivity contribution in [2.45, 2.75) is 20.4 Å². The highest BCUT2D eigenvalue weighted by Crippen LogP contribution is 2.32. The van der Waals surface area contributed by atoms with E-state index in [-0.39, 0.29) is 0 Å². The quantitative estimate of drug-likeness (QED) is 0.179. The van der Waals surface area contributed by atoms with E-state index in [1.54, 1.807) is 0 Å². The molecule has 0 N–H and O–H groups in total. The van der Waals surface area contributed by atoms with Gasteiger partial charge in [-0.15, -0.1) is 10.2 Å². The fourth-order valence-electron chi connectivity index (χ4n) is 4.03. The van der Waals surface area contributed by atoms with Crippen molar-refractivity contribution in [2.75, 3.05) is 38.6 Å². The molecule has 0 saturated heterocycles. The number of quaternary nitrogens is 1. The number of nitrogens with zero attached hydrogens (tertiary/aromatic N) is 6. The Hall–Kier alpha value is -3.42. The van der Waals surface area contributed by atoms with E-state index >= 15 is 0 Å². The van der Waals surface area contributed by atoms with Crippen LogP contribution in [0.25, 0.3) is 11.4 Å². The first-order valence-corrected chi connectivity index (χ1v) is 12.7. The van der Waals surface area contributed by atoms with Gasteiger partial charge in [-0.25, -0.2) is 0 Å². The van der Waals surface area contributed by atoms with Crippen LogP contribution in [0.5, 0.6) is 0 Å². The number of aryl methyl sites for hydroxylation is 1. The normalized spacial score (nSPS) is 11.8. The first kappa shape index (κ1) is 24.7. The number of rotatable bonds is 10. The second-order valence-corrected chi connectivity index (χ2v) is 10.1. The van der Waals surface area contributed by atoms with Gasteiger partial charge in [0.25, 0.3) is 0 Å². The summed E-state index contributed by atoms with van der Waals surface area (Å²) in [4.78, 5) is 6.94. The third kappa shape index (κ3) is 6.81. The van der Waals surface area contributed by atoms with E-state index in [0.29, 0.717) is 11.0 Å². The molecule has 35 heavy (non-hydrogen) atoms. The summed E-state index contributed by atoms with van der Waals surface area (Å²) in [6.07, 6.45) is 0. The molecule has 7 heteroatoms. The Morgan fingerprint density at radius 1 is 0.914 bits per heavy atom. The molecule has 0 fully saturated rings. The number of hydrogen-bond donors (Lipinski definition) is 0. The fourth-order valence-corrected chi connectivity index (χ4v) is 4.54. The Balaban J connectivity index is 1.49. The molecule has 0 spiro atoms. The zero-order valence-electron chi connectivity index (χ0n) is 20.9. The first-order valence-electron chi connectivity index (χ1n) is 12.0. The molecule has 0 bridgehead atoms. The Labute approximate surface area is 212 Å². The highest BCUT2D eigenvalue weighted by Gasteiger charge is 2.19. The van der Waals surface area contributed by atoms with Gasteiger partial charge in [0.15, 0.2) is 5.82 Å². The molecule has 1 heterocycles. The monoisotopic (exact) mass is 485 g/mol. The van der Waals surface area contributed by atoms with Gasteiger partial charge in [-0.3, -0.25) is 0 Å². The molecule has 0 amide bonds. The number of aromatic nitrogens is 2. The van der Waals surface area contributed by atoms with E-state index in [4.69, 9.17) is 0 Å². The summed E-state index contributed by atoms with van der Waals surface area (Å²) in [6, 6.07) is 27.0. The van der Waals surface area contributed by atoms with Crippen molar-refractivity contribution in [1.29, 1.82) is 0 Å². The van der Waals surface area contributed by atoms with Gasteiger partial charge in [0, 0.05) is 29.2 Å². The smallest absolute Gasteiger partial charge is 0.249 e. The summed E-state index contributed by atoms with van der Waals surface area (Å²) < 4.78 is 5.35. The summed E-state index contributed by atoms with van der Waals surface area (Å²) in [5.74, 6) is 0.683. The van der Waals surface area contributed by atoms with Crippen molar-refractivity contribution in [1.82, 2.24) is 9.36 Å². The van der Waals surface area contributed by atoms with Crippen molar-refractivity contribution >= 4 is 28.0 Å². The van der Waals surface area contributed by atoms with E-state index in [2.05, 4.69) is 94.9 Å². The van der Waals surface area contributed by atoms with Crippen molar-refractivity contribution in [3.63, 3.8) is 0 Å². The number of anilines is 1. The first-order chi connectivity index (χ1) is 16.9. The molecule has 0 aliphatic heterocycles. The van der Waals surface area contributed by atoms with E-state index in [1.807, 2.05) is 36.4 Å². The average Bonchev–Trinajstić information content (AvgIpc) is 3.34. The largest absolute Gasteiger partial charge is 0.364 e. The van der Waals surface area contributed by atoms with Crippen LogP contribution >= 0.6 is 11.5 Å². The van der Waals surface area contributed by atoms with Gasteiger partial charge >= 0.3 is 0 Å². The minimum atomic E-state index is 0.555. The molecule has 3 aromatic carbocycles. The average molecular weight is 486 g/mol. The Morgan fingerprint density at radius 3 is 2.34 bits per heavy atom. The van der Waals surface area contributed by atoms with Gasteiger partial charge in [-0.05, 0) is 31.5 Å². The van der Waals surface area contributed by atoms with Gasteiger partial charge in [0.05, 0.1) is 32.9 Å². The predicted octanol–water partition coefficient (Wildman–Crippen LogP) is 7.03. The minimum Gasteiger partial charge on any atom is -0.364 e. The zero-order chi connectivity index (χ0) is 24.7. The van der Waals surface area contributed by atoms with Gasteiger partial charge < -0.3 is 9.38 Å². The highest BCUT2D eigenvalue weighted by atomic mass is 32.1. The van der Waals surface area contributed by atoms with Crippen LogP contribution in [-0.2, 0) is 6.54 Å². The maximum absolute atomic E-state index is 4.59. The Bertz CT molecular complexity index is 1250. The number of hydrogen-bond acceptors (Lipinski definition) is 6. The van der Waals surface area contributed by atoms with Crippen molar-refractivity contribution in [3.05, 3.63) is 90.0 Å². The van der Waals surface area contributed by atoms with Gasteiger partial charge in [0.2, 0.25) is 5.13 Å². The van der Waals surface area contributed by atoms with Crippen molar-refractivity contribution in [3.8, 4) is 11.4 Å². The number of likely N-dealkylation sites (N-methyl/N-ethyl adjacent to an activating group) is 2.